The molecular weight excluding hydrogens is 218 g/mol. The van der Waals surface area contributed by atoms with Gasteiger partial charge >= 0.3 is 6.01 Å². The van der Waals surface area contributed by atoms with Crippen LogP contribution in [0, 0.1) is 0 Å². The molecule has 0 spiro atoms. The summed E-state index contributed by atoms with van der Waals surface area (Å²) >= 11 is 0. The Morgan fingerprint density at radius 3 is 2.88 bits per heavy atom. The van der Waals surface area contributed by atoms with Gasteiger partial charge in [-0.2, -0.15) is 0 Å². The quantitative estimate of drug-likeness (QED) is 0.784. The third-order valence-corrected chi connectivity index (χ3v) is 2.91. The van der Waals surface area contributed by atoms with E-state index in [0.717, 1.165) is 24.2 Å². The molecule has 6 heteroatoms. The van der Waals surface area contributed by atoms with Crippen LogP contribution < -0.4 is 10.1 Å². The van der Waals surface area contributed by atoms with Gasteiger partial charge in [-0.1, -0.05) is 0 Å². The van der Waals surface area contributed by atoms with E-state index in [1.807, 2.05) is 0 Å². The van der Waals surface area contributed by atoms with Crippen molar-refractivity contribution in [2.75, 3.05) is 13.7 Å². The summed E-state index contributed by atoms with van der Waals surface area (Å²) in [5.74, 6) is 0. The molecule has 0 radical (unpaired) electrons. The molecule has 6 nitrogen and oxygen atoms in total. The van der Waals surface area contributed by atoms with E-state index in [-0.39, 0.29) is 6.04 Å². The zero-order valence-corrected chi connectivity index (χ0v) is 9.47. The molecule has 0 unspecified atom stereocenters. The van der Waals surface area contributed by atoms with Crippen LogP contribution in [0.5, 0.6) is 6.01 Å². The molecule has 1 atom stereocenters. The number of aromatic nitrogens is 4. The maximum atomic E-state index is 4.95. The first-order valence-electron chi connectivity index (χ1n) is 5.50. The monoisotopic (exact) mass is 231 g/mol. The molecule has 0 saturated heterocycles. The lowest BCUT2D eigenvalue weighted by atomic mass is 10.0. The Morgan fingerprint density at radius 2 is 2.12 bits per heavy atom. The molecule has 0 saturated carbocycles. The predicted octanol–water partition coefficient (Wildman–Crippen LogP) is 0.443. The van der Waals surface area contributed by atoms with Crippen molar-refractivity contribution in [2.45, 2.75) is 12.5 Å². The van der Waals surface area contributed by atoms with Crippen molar-refractivity contribution in [3.63, 3.8) is 0 Å². The lowest BCUT2D eigenvalue weighted by Crippen LogP contribution is -2.30. The highest BCUT2D eigenvalue weighted by molar-refractivity contribution is 5.29. The molecule has 3 rings (SSSR count). The van der Waals surface area contributed by atoms with Crippen LogP contribution >= 0.6 is 0 Å². The maximum absolute atomic E-state index is 4.95. The summed E-state index contributed by atoms with van der Waals surface area (Å²) in [6.07, 6.45) is 6.25. The van der Waals surface area contributed by atoms with Gasteiger partial charge in [0.05, 0.1) is 25.2 Å². The highest BCUT2D eigenvalue weighted by Crippen LogP contribution is 2.25. The number of nitrogens with zero attached hydrogens (tertiary/aromatic N) is 3. The van der Waals surface area contributed by atoms with Crippen molar-refractivity contribution in [2.24, 2.45) is 0 Å². The average Bonchev–Trinajstić information content (AvgIpc) is 2.87. The van der Waals surface area contributed by atoms with Gasteiger partial charge < -0.3 is 15.0 Å². The summed E-state index contributed by atoms with van der Waals surface area (Å²) in [5, 5.41) is 3.41. The van der Waals surface area contributed by atoms with Gasteiger partial charge in [0.15, 0.2) is 0 Å². The van der Waals surface area contributed by atoms with Crippen LogP contribution in [0.4, 0.5) is 0 Å². The normalized spacial score (nSPS) is 18.8. The molecule has 0 amide bonds. The molecule has 3 heterocycles. The summed E-state index contributed by atoms with van der Waals surface area (Å²) in [6, 6.07) is 0.447. The van der Waals surface area contributed by atoms with Crippen molar-refractivity contribution in [3.05, 3.63) is 35.7 Å². The van der Waals surface area contributed by atoms with E-state index in [1.54, 1.807) is 25.8 Å². The topological polar surface area (TPSA) is 75.7 Å². The first-order valence-corrected chi connectivity index (χ1v) is 5.50. The Bertz CT molecular complexity index is 507. The molecular formula is C11H13N5O. The van der Waals surface area contributed by atoms with E-state index in [4.69, 9.17) is 4.74 Å². The molecule has 0 bridgehead atoms. The third-order valence-electron chi connectivity index (χ3n) is 2.91. The fourth-order valence-corrected chi connectivity index (χ4v) is 2.08. The molecule has 0 aliphatic carbocycles. The van der Waals surface area contributed by atoms with Crippen molar-refractivity contribution in [1.82, 2.24) is 25.3 Å². The van der Waals surface area contributed by atoms with E-state index < -0.39 is 0 Å². The van der Waals surface area contributed by atoms with Crippen molar-refractivity contribution in [1.29, 1.82) is 0 Å². The number of nitrogens with one attached hydrogen (secondary N) is 2. The predicted molar refractivity (Wildman–Crippen MR) is 60.7 cm³/mol. The zero-order chi connectivity index (χ0) is 11.7. The summed E-state index contributed by atoms with van der Waals surface area (Å²) in [5.41, 5.74) is 3.22. The van der Waals surface area contributed by atoms with Gasteiger partial charge in [0.25, 0.3) is 0 Å². The number of rotatable bonds is 2. The molecule has 17 heavy (non-hydrogen) atoms. The van der Waals surface area contributed by atoms with Crippen LogP contribution in [0.1, 0.15) is 23.0 Å². The molecule has 2 N–H and O–H groups in total. The SMILES string of the molecule is COc1ncc([C@@H]2NCCc3[nH]cnc32)cn1. The minimum Gasteiger partial charge on any atom is -0.467 e. The lowest BCUT2D eigenvalue weighted by Gasteiger charge is -2.22. The first-order chi connectivity index (χ1) is 8.38. The molecule has 1 aliphatic heterocycles. The van der Waals surface area contributed by atoms with Gasteiger partial charge in [-0.05, 0) is 0 Å². The van der Waals surface area contributed by atoms with E-state index >= 15 is 0 Å². The molecule has 2 aromatic heterocycles. The largest absolute Gasteiger partial charge is 0.467 e. The Hall–Kier alpha value is -1.95. The van der Waals surface area contributed by atoms with Gasteiger partial charge in [0, 0.05) is 36.6 Å². The Balaban J connectivity index is 1.95. The molecule has 0 aromatic carbocycles. The van der Waals surface area contributed by atoms with E-state index in [9.17, 15) is 0 Å². The summed E-state index contributed by atoms with van der Waals surface area (Å²) in [4.78, 5) is 15.8. The number of hydrogen-bond acceptors (Lipinski definition) is 5. The highest BCUT2D eigenvalue weighted by atomic mass is 16.5. The van der Waals surface area contributed by atoms with E-state index in [2.05, 4.69) is 25.3 Å². The smallest absolute Gasteiger partial charge is 0.316 e. The van der Waals surface area contributed by atoms with Crippen molar-refractivity contribution in [3.8, 4) is 6.01 Å². The average molecular weight is 231 g/mol. The Labute approximate surface area is 98.5 Å². The number of methoxy groups -OCH3 is 1. The minimum absolute atomic E-state index is 0.0657. The Morgan fingerprint density at radius 1 is 1.29 bits per heavy atom. The van der Waals surface area contributed by atoms with Gasteiger partial charge in [0.2, 0.25) is 0 Å². The number of fused-ring (bicyclic) bond motifs is 1. The summed E-state index contributed by atoms with van der Waals surface area (Å²) < 4.78 is 4.95. The molecule has 0 fully saturated rings. The minimum atomic E-state index is 0.0657. The fourth-order valence-electron chi connectivity index (χ4n) is 2.08. The standard InChI is InChI=1S/C11H13N5O/c1-17-11-13-4-7(5-14-11)9-10-8(2-3-12-9)15-6-16-10/h4-6,9,12H,2-3H2,1H3,(H,15,16)/t9-/m0/s1. The number of ether oxygens (including phenoxy) is 1. The van der Waals surface area contributed by atoms with Crippen LogP contribution in [0.3, 0.4) is 0 Å². The zero-order valence-electron chi connectivity index (χ0n) is 9.47. The van der Waals surface area contributed by atoms with Gasteiger partial charge in [0.1, 0.15) is 0 Å². The van der Waals surface area contributed by atoms with E-state index in [1.165, 1.54) is 5.69 Å². The third kappa shape index (κ3) is 1.76. The number of imidazole rings is 1. The lowest BCUT2D eigenvalue weighted by molar-refractivity contribution is 0.378. The van der Waals surface area contributed by atoms with Crippen LogP contribution in [0.2, 0.25) is 0 Å². The Kier molecular flexibility index (Phi) is 2.49. The number of hydrogen-bond donors (Lipinski definition) is 2. The van der Waals surface area contributed by atoms with Gasteiger partial charge in [-0.3, -0.25) is 0 Å². The molecule has 88 valence electrons. The maximum Gasteiger partial charge on any atom is 0.316 e. The second-order valence-corrected chi connectivity index (χ2v) is 3.91. The van der Waals surface area contributed by atoms with Crippen LogP contribution in [-0.2, 0) is 6.42 Å². The molecule has 1 aliphatic rings. The summed E-state index contributed by atoms with van der Waals surface area (Å²) in [7, 11) is 1.56. The second-order valence-electron chi connectivity index (χ2n) is 3.91. The van der Waals surface area contributed by atoms with Gasteiger partial charge in [-0.15, -0.1) is 0 Å². The van der Waals surface area contributed by atoms with Crippen LogP contribution in [0.25, 0.3) is 0 Å². The van der Waals surface area contributed by atoms with Gasteiger partial charge in [-0.25, -0.2) is 15.0 Å². The highest BCUT2D eigenvalue weighted by Gasteiger charge is 2.24. The number of H-pyrrole nitrogens is 1. The van der Waals surface area contributed by atoms with Crippen molar-refractivity contribution >= 4 is 0 Å². The van der Waals surface area contributed by atoms with Crippen LogP contribution in [-0.4, -0.2) is 33.6 Å². The van der Waals surface area contributed by atoms with E-state index in [0.29, 0.717) is 6.01 Å². The van der Waals surface area contributed by atoms with Crippen LogP contribution in [0.15, 0.2) is 18.7 Å². The van der Waals surface area contributed by atoms with Crippen molar-refractivity contribution < 1.29 is 4.74 Å². The first kappa shape index (κ1) is 10.2. The second kappa shape index (κ2) is 4.14. The summed E-state index contributed by atoms with van der Waals surface area (Å²) in [6.45, 7) is 0.923. The number of aromatic amines is 1. The fraction of sp³-hybridized carbons (Fsp3) is 0.364. The molecule has 2 aromatic rings.